The molecule has 4 heterocycles. The summed E-state index contributed by atoms with van der Waals surface area (Å²) in [5.74, 6) is 1.07. The quantitative estimate of drug-likeness (QED) is 0.254. The van der Waals surface area contributed by atoms with Crippen molar-refractivity contribution < 1.29 is 32.9 Å². The molecule has 1 saturated carbocycles. The number of aliphatic hydroxyl groups excluding tert-OH is 2. The van der Waals surface area contributed by atoms with Crippen molar-refractivity contribution in [3.63, 3.8) is 0 Å². The molecule has 3 aliphatic heterocycles. The third-order valence-electron chi connectivity index (χ3n) is 8.52. The first kappa shape index (κ1) is 27.4. The molecule has 2 fully saturated rings. The van der Waals surface area contributed by atoms with E-state index in [1.165, 1.54) is 12.1 Å². The van der Waals surface area contributed by atoms with Crippen LogP contribution in [0.4, 0.5) is 30.4 Å². The van der Waals surface area contributed by atoms with E-state index in [4.69, 9.17) is 10.5 Å². The fourth-order valence-electron chi connectivity index (χ4n) is 6.24. The van der Waals surface area contributed by atoms with Crippen LogP contribution in [0.25, 0.3) is 0 Å². The highest BCUT2D eigenvalue weighted by atomic mass is 19.4. The monoisotopic (exact) mass is 567 g/mol. The highest BCUT2D eigenvalue weighted by molar-refractivity contribution is 5.75. The van der Waals surface area contributed by atoms with E-state index >= 15 is 0 Å². The van der Waals surface area contributed by atoms with Gasteiger partial charge in [-0.2, -0.15) is 0 Å². The molecule has 14 heteroatoms. The summed E-state index contributed by atoms with van der Waals surface area (Å²) in [5.41, 5.74) is 8.35. The van der Waals surface area contributed by atoms with E-state index in [9.17, 15) is 23.4 Å². The average Bonchev–Trinajstić information content (AvgIpc) is 3.54. The highest BCUT2D eigenvalue weighted by Gasteiger charge is 2.46. The molecule has 1 aliphatic carbocycles. The lowest BCUT2D eigenvalue weighted by atomic mass is 9.76. The molecule has 220 valence electrons. The normalized spacial score (nSPS) is 33.0. The zero-order valence-corrected chi connectivity index (χ0v) is 22.1. The molecule has 8 N–H and O–H groups in total. The fourth-order valence-corrected chi connectivity index (χ4v) is 6.24. The second-order valence-corrected chi connectivity index (χ2v) is 11.2. The molecular formula is C26H36F3N7O4. The number of likely N-dealkylation sites (N-methyl/N-ethyl adjacent to an activating group) is 1. The van der Waals surface area contributed by atoms with Gasteiger partial charge >= 0.3 is 6.36 Å². The lowest BCUT2D eigenvalue weighted by Crippen LogP contribution is -2.48. The minimum atomic E-state index is -4.72. The standard InChI is InChI=1S/C26H36F3N7O4/c1-35(11-19-21(37)22(38)25(39-19)36-7-6-16-23(30)31-12-32-24(16)36)14-8-13(9-14)2-5-20-33-17-4-3-15(10-18(17)34-20)40-26(27,28)29/h3-4,6-7,10,13-14,19-23,25,31-34,37-38H,2,5,8-9,11-12,30H2,1H3/t13?,14?,19-,20?,21-,22-,23?,25-/m1/s1. The van der Waals surface area contributed by atoms with E-state index in [1.54, 1.807) is 10.6 Å². The van der Waals surface area contributed by atoms with E-state index in [-0.39, 0.29) is 18.1 Å². The van der Waals surface area contributed by atoms with Gasteiger partial charge in [0.25, 0.3) is 0 Å². The summed E-state index contributed by atoms with van der Waals surface area (Å²) in [6.07, 6.45) is -2.77. The molecule has 40 heavy (non-hydrogen) atoms. The van der Waals surface area contributed by atoms with Gasteiger partial charge in [0.2, 0.25) is 0 Å². The third kappa shape index (κ3) is 5.43. The van der Waals surface area contributed by atoms with E-state index in [0.29, 0.717) is 30.9 Å². The van der Waals surface area contributed by atoms with Gasteiger partial charge in [0.15, 0.2) is 6.23 Å². The van der Waals surface area contributed by atoms with Gasteiger partial charge in [-0.15, -0.1) is 13.2 Å². The number of fused-ring (bicyclic) bond motifs is 2. The first-order chi connectivity index (χ1) is 19.1. The highest BCUT2D eigenvalue weighted by Crippen LogP contribution is 2.40. The molecule has 1 saturated heterocycles. The Morgan fingerprint density at radius 2 is 1.90 bits per heavy atom. The number of hydrogen-bond acceptors (Lipinski definition) is 10. The van der Waals surface area contributed by atoms with E-state index in [2.05, 4.69) is 30.9 Å². The van der Waals surface area contributed by atoms with Gasteiger partial charge in [-0.25, -0.2) is 0 Å². The van der Waals surface area contributed by atoms with Crippen molar-refractivity contribution in [2.75, 3.05) is 36.2 Å². The van der Waals surface area contributed by atoms with Crippen molar-refractivity contribution in [2.45, 2.75) is 75.0 Å². The van der Waals surface area contributed by atoms with Crippen molar-refractivity contribution in [3.8, 4) is 5.75 Å². The van der Waals surface area contributed by atoms with Crippen molar-refractivity contribution in [1.82, 2.24) is 14.8 Å². The number of hydrogen-bond donors (Lipinski definition) is 7. The largest absolute Gasteiger partial charge is 0.573 e. The molecule has 4 aliphatic rings. The maximum absolute atomic E-state index is 12.5. The van der Waals surface area contributed by atoms with Crippen LogP contribution in [-0.2, 0) is 4.74 Å². The van der Waals surface area contributed by atoms with E-state index in [0.717, 1.165) is 42.8 Å². The average molecular weight is 568 g/mol. The number of ether oxygens (including phenoxy) is 2. The number of anilines is 3. The molecule has 2 aromatic rings. The Bertz CT molecular complexity index is 1210. The van der Waals surface area contributed by atoms with Gasteiger partial charge in [0.05, 0.1) is 30.4 Å². The molecule has 0 radical (unpaired) electrons. The van der Waals surface area contributed by atoms with Gasteiger partial charge in [0.1, 0.15) is 29.9 Å². The molecule has 11 nitrogen and oxygen atoms in total. The Hall–Kier alpha value is -2.75. The van der Waals surface area contributed by atoms with Gasteiger partial charge < -0.3 is 50.8 Å². The predicted molar refractivity (Wildman–Crippen MR) is 141 cm³/mol. The number of alkyl halides is 3. The SMILES string of the molecule is CN(C[C@H]1O[C@@H](n2ccc3c2NCNC3N)[C@H](O)[C@@H]1O)C1CC(CCC2Nc3ccc(OC(F)(F)F)cc3N2)C1. The molecule has 0 amide bonds. The first-order valence-corrected chi connectivity index (χ1v) is 13.6. The van der Waals surface area contributed by atoms with Crippen LogP contribution in [0.15, 0.2) is 30.5 Å². The second-order valence-electron chi connectivity index (χ2n) is 11.2. The number of nitrogens with one attached hydrogen (secondary N) is 4. The molecule has 1 aromatic carbocycles. The number of rotatable bonds is 8. The van der Waals surface area contributed by atoms with Crippen LogP contribution >= 0.6 is 0 Å². The molecule has 6 atom stereocenters. The van der Waals surface area contributed by atoms with Crippen LogP contribution in [0, 0.1) is 5.92 Å². The van der Waals surface area contributed by atoms with Crippen LogP contribution in [0.5, 0.6) is 5.75 Å². The molecule has 6 rings (SSSR count). The van der Waals surface area contributed by atoms with Crippen LogP contribution in [0.2, 0.25) is 0 Å². The van der Waals surface area contributed by atoms with Crippen LogP contribution in [0.1, 0.15) is 43.6 Å². The Labute approximate surface area is 229 Å². The minimum Gasteiger partial charge on any atom is -0.406 e. The Kier molecular flexibility index (Phi) is 7.25. The number of nitrogens with two attached hydrogens (primary N) is 1. The number of aliphatic hydroxyl groups is 2. The molecule has 1 aromatic heterocycles. The summed E-state index contributed by atoms with van der Waals surface area (Å²) in [6, 6.07) is 6.49. The van der Waals surface area contributed by atoms with Crippen molar-refractivity contribution in [2.24, 2.45) is 11.7 Å². The summed E-state index contributed by atoms with van der Waals surface area (Å²) in [7, 11) is 2.01. The number of aromatic nitrogens is 1. The van der Waals surface area contributed by atoms with E-state index in [1.807, 2.05) is 19.3 Å². The Morgan fingerprint density at radius 3 is 2.67 bits per heavy atom. The smallest absolute Gasteiger partial charge is 0.406 e. The van der Waals surface area contributed by atoms with Crippen molar-refractivity contribution >= 4 is 17.2 Å². The first-order valence-electron chi connectivity index (χ1n) is 13.6. The third-order valence-corrected chi connectivity index (χ3v) is 8.52. The topological polar surface area (TPSA) is 141 Å². The zero-order valence-electron chi connectivity index (χ0n) is 22.1. The van der Waals surface area contributed by atoms with Crippen LogP contribution < -0.4 is 31.7 Å². The summed E-state index contributed by atoms with van der Waals surface area (Å²) >= 11 is 0. The summed E-state index contributed by atoms with van der Waals surface area (Å²) < 4.78 is 49.5. The van der Waals surface area contributed by atoms with Gasteiger partial charge in [-0.1, -0.05) is 0 Å². The lowest BCUT2D eigenvalue weighted by Gasteiger charge is -2.42. The minimum absolute atomic E-state index is 0.0485. The number of halogens is 3. The maximum Gasteiger partial charge on any atom is 0.573 e. The molecular weight excluding hydrogens is 531 g/mol. The van der Waals surface area contributed by atoms with Gasteiger partial charge in [-0.05, 0) is 56.8 Å². The molecule has 2 unspecified atom stereocenters. The predicted octanol–water partition coefficient (Wildman–Crippen LogP) is 2.29. The summed E-state index contributed by atoms with van der Waals surface area (Å²) in [5, 5.41) is 34.4. The lowest BCUT2D eigenvalue weighted by molar-refractivity contribution is -0.274. The van der Waals surface area contributed by atoms with Crippen molar-refractivity contribution in [3.05, 3.63) is 36.0 Å². The van der Waals surface area contributed by atoms with E-state index < -0.39 is 30.9 Å². The van der Waals surface area contributed by atoms with Crippen LogP contribution in [-0.4, -0.2) is 76.8 Å². The van der Waals surface area contributed by atoms with Crippen molar-refractivity contribution in [1.29, 1.82) is 0 Å². The van der Waals surface area contributed by atoms with Gasteiger partial charge in [-0.3, -0.25) is 5.32 Å². The summed E-state index contributed by atoms with van der Waals surface area (Å²) in [4.78, 5) is 2.19. The van der Waals surface area contributed by atoms with Gasteiger partial charge in [0, 0.05) is 30.4 Å². The zero-order chi connectivity index (χ0) is 28.2. The number of nitrogens with zero attached hydrogens (tertiary/aromatic N) is 2. The fraction of sp³-hybridized carbons (Fsp3) is 0.615. The second kappa shape index (κ2) is 10.6. The summed E-state index contributed by atoms with van der Waals surface area (Å²) in [6.45, 7) is 0.990. The molecule has 0 spiro atoms. The van der Waals surface area contributed by atoms with Crippen LogP contribution in [0.3, 0.4) is 0 Å². The maximum atomic E-state index is 12.5. The number of benzene rings is 1. The Morgan fingerprint density at radius 1 is 1.12 bits per heavy atom. The molecule has 0 bridgehead atoms. The Balaban J connectivity index is 0.953.